The number of thioether (sulfide) groups is 1. The molecule has 1 nitrogen and oxygen atoms in total. The lowest BCUT2D eigenvalue weighted by Crippen LogP contribution is -2.29. The van der Waals surface area contributed by atoms with E-state index in [-0.39, 0.29) is 0 Å². The molecule has 0 amide bonds. The molecule has 0 radical (unpaired) electrons. The van der Waals surface area contributed by atoms with Crippen LogP contribution in [0.15, 0.2) is 24.3 Å². The highest BCUT2D eigenvalue weighted by atomic mass is 32.2. The molecule has 1 aliphatic carbocycles. The average molecular weight is 306 g/mol. The van der Waals surface area contributed by atoms with Crippen LogP contribution in [-0.2, 0) is 6.42 Å². The Morgan fingerprint density at radius 2 is 1.81 bits per heavy atom. The predicted molar refractivity (Wildman–Crippen MR) is 96.1 cm³/mol. The van der Waals surface area contributed by atoms with E-state index in [0.717, 1.165) is 18.9 Å². The number of benzene rings is 1. The van der Waals surface area contributed by atoms with Crippen LogP contribution in [0.5, 0.6) is 0 Å². The van der Waals surface area contributed by atoms with Crippen LogP contribution < -0.4 is 5.32 Å². The number of nitrogens with one attached hydrogen (secondary N) is 1. The Kier molecular flexibility index (Phi) is 7.12. The van der Waals surface area contributed by atoms with Gasteiger partial charge in [-0.15, -0.1) is 0 Å². The van der Waals surface area contributed by atoms with Crippen molar-refractivity contribution in [3.63, 3.8) is 0 Å². The number of aryl methyl sites for hydroxylation is 1. The van der Waals surface area contributed by atoms with Gasteiger partial charge in [0.05, 0.1) is 0 Å². The third-order valence-electron chi connectivity index (χ3n) is 4.71. The summed E-state index contributed by atoms with van der Waals surface area (Å²) in [5.74, 6) is 2.32. The summed E-state index contributed by atoms with van der Waals surface area (Å²) < 4.78 is 0. The zero-order valence-electron chi connectivity index (χ0n) is 13.9. The fourth-order valence-electron chi connectivity index (χ4n) is 3.30. The normalized spacial score (nSPS) is 18.8. The minimum absolute atomic E-state index is 0.479. The molecule has 1 fully saturated rings. The minimum atomic E-state index is 0.479. The van der Waals surface area contributed by atoms with Crippen molar-refractivity contribution >= 4 is 11.8 Å². The van der Waals surface area contributed by atoms with Crippen molar-refractivity contribution in [3.05, 3.63) is 35.4 Å². The molecule has 21 heavy (non-hydrogen) atoms. The van der Waals surface area contributed by atoms with Gasteiger partial charge in [-0.25, -0.2) is 0 Å². The highest BCUT2D eigenvalue weighted by Gasteiger charge is 2.21. The second kappa shape index (κ2) is 8.85. The Morgan fingerprint density at radius 1 is 1.14 bits per heavy atom. The van der Waals surface area contributed by atoms with E-state index >= 15 is 0 Å². The monoisotopic (exact) mass is 305 g/mol. The van der Waals surface area contributed by atoms with Gasteiger partial charge < -0.3 is 5.32 Å². The van der Waals surface area contributed by atoms with Crippen molar-refractivity contribution in [1.29, 1.82) is 0 Å². The third kappa shape index (κ3) is 5.03. The summed E-state index contributed by atoms with van der Waals surface area (Å²) in [4.78, 5) is 0. The minimum Gasteiger partial charge on any atom is -0.309 e. The summed E-state index contributed by atoms with van der Waals surface area (Å²) in [6.07, 6.45) is 6.94. The zero-order valence-corrected chi connectivity index (χ0v) is 14.7. The molecular weight excluding hydrogens is 274 g/mol. The molecule has 1 aromatic carbocycles. The van der Waals surface area contributed by atoms with Crippen molar-refractivity contribution in [2.45, 2.75) is 64.2 Å². The van der Waals surface area contributed by atoms with E-state index < -0.39 is 0 Å². The van der Waals surface area contributed by atoms with Gasteiger partial charge in [0.15, 0.2) is 0 Å². The lowest BCUT2D eigenvalue weighted by Gasteiger charge is -2.26. The van der Waals surface area contributed by atoms with Gasteiger partial charge in [0.1, 0.15) is 0 Å². The van der Waals surface area contributed by atoms with Gasteiger partial charge in [-0.1, -0.05) is 57.9 Å². The molecule has 0 aliphatic heterocycles. The van der Waals surface area contributed by atoms with Crippen molar-refractivity contribution in [2.24, 2.45) is 5.92 Å². The first-order valence-corrected chi connectivity index (χ1v) is 9.73. The Morgan fingerprint density at radius 3 is 2.38 bits per heavy atom. The predicted octanol–water partition coefficient (Wildman–Crippen LogP) is 5.21. The fraction of sp³-hybridized carbons (Fsp3) is 0.684. The summed E-state index contributed by atoms with van der Waals surface area (Å²) in [7, 11) is 0. The lowest BCUT2D eigenvalue weighted by atomic mass is 10.0. The van der Waals surface area contributed by atoms with Crippen LogP contribution in [0.4, 0.5) is 0 Å². The Balaban J connectivity index is 1.94. The van der Waals surface area contributed by atoms with Gasteiger partial charge in [0, 0.05) is 11.3 Å². The Labute approximate surface area is 135 Å². The maximum atomic E-state index is 3.69. The van der Waals surface area contributed by atoms with E-state index in [1.807, 2.05) is 0 Å². The highest BCUT2D eigenvalue weighted by molar-refractivity contribution is 7.99. The topological polar surface area (TPSA) is 12.0 Å². The van der Waals surface area contributed by atoms with E-state index in [4.69, 9.17) is 0 Å². The molecule has 0 aromatic heterocycles. The first-order valence-electron chi connectivity index (χ1n) is 8.68. The quantitative estimate of drug-likeness (QED) is 0.707. The Bertz CT molecular complexity index is 395. The van der Waals surface area contributed by atoms with Crippen molar-refractivity contribution in [3.8, 4) is 0 Å². The number of hydrogen-bond acceptors (Lipinski definition) is 2. The molecular formula is C19H31NS. The fourth-order valence-corrected chi connectivity index (χ4v) is 4.65. The largest absolute Gasteiger partial charge is 0.309 e. The molecule has 2 heteroatoms. The second-order valence-corrected chi connectivity index (χ2v) is 7.73. The second-order valence-electron chi connectivity index (χ2n) is 6.32. The van der Waals surface area contributed by atoms with E-state index in [1.165, 1.54) is 42.6 Å². The molecule has 2 atom stereocenters. The van der Waals surface area contributed by atoms with Crippen LogP contribution in [-0.4, -0.2) is 17.5 Å². The first-order chi connectivity index (χ1) is 10.2. The molecule has 1 N–H and O–H groups in total. The van der Waals surface area contributed by atoms with Crippen molar-refractivity contribution in [1.82, 2.24) is 5.32 Å². The molecule has 2 unspecified atom stereocenters. The van der Waals surface area contributed by atoms with Crippen LogP contribution in [0.2, 0.25) is 0 Å². The van der Waals surface area contributed by atoms with E-state index in [1.54, 1.807) is 0 Å². The van der Waals surface area contributed by atoms with E-state index in [2.05, 4.69) is 62.1 Å². The maximum absolute atomic E-state index is 3.69. The van der Waals surface area contributed by atoms with Crippen molar-refractivity contribution < 1.29 is 0 Å². The van der Waals surface area contributed by atoms with Gasteiger partial charge >= 0.3 is 0 Å². The van der Waals surface area contributed by atoms with Gasteiger partial charge in [-0.05, 0) is 48.6 Å². The summed E-state index contributed by atoms with van der Waals surface area (Å²) in [6.45, 7) is 7.85. The van der Waals surface area contributed by atoms with Crippen molar-refractivity contribution in [2.75, 3.05) is 12.3 Å². The molecule has 0 saturated heterocycles. The zero-order chi connectivity index (χ0) is 15.1. The SMILES string of the molecule is CCNC(c1ccc(CC)cc1)C(C)SCC1CCCC1. The summed E-state index contributed by atoms with van der Waals surface area (Å²) in [5, 5.41) is 4.33. The van der Waals surface area contributed by atoms with Gasteiger partial charge in [0.2, 0.25) is 0 Å². The standard InChI is InChI=1S/C19H31NS/c1-4-16-10-12-18(13-11-16)19(20-5-2)15(3)21-14-17-8-6-7-9-17/h10-13,15,17,19-20H,4-9,14H2,1-3H3. The van der Waals surface area contributed by atoms with Gasteiger partial charge in [-0.3, -0.25) is 0 Å². The molecule has 1 aliphatic rings. The van der Waals surface area contributed by atoms with Gasteiger partial charge in [-0.2, -0.15) is 11.8 Å². The van der Waals surface area contributed by atoms with Crippen LogP contribution in [0, 0.1) is 5.92 Å². The molecule has 1 saturated carbocycles. The molecule has 118 valence electrons. The smallest absolute Gasteiger partial charge is 0.0437 e. The molecule has 0 bridgehead atoms. The highest BCUT2D eigenvalue weighted by Crippen LogP contribution is 2.33. The van der Waals surface area contributed by atoms with E-state index in [9.17, 15) is 0 Å². The van der Waals surface area contributed by atoms with Crippen LogP contribution in [0.25, 0.3) is 0 Å². The summed E-state index contributed by atoms with van der Waals surface area (Å²) >= 11 is 2.16. The molecule has 2 rings (SSSR count). The van der Waals surface area contributed by atoms with Crippen LogP contribution in [0.1, 0.15) is 63.6 Å². The van der Waals surface area contributed by atoms with Gasteiger partial charge in [0.25, 0.3) is 0 Å². The number of hydrogen-bond donors (Lipinski definition) is 1. The molecule has 0 heterocycles. The lowest BCUT2D eigenvalue weighted by molar-refractivity contribution is 0.544. The van der Waals surface area contributed by atoms with E-state index in [0.29, 0.717) is 11.3 Å². The summed E-state index contributed by atoms with van der Waals surface area (Å²) in [6, 6.07) is 9.69. The first kappa shape index (κ1) is 16.9. The number of rotatable bonds is 8. The average Bonchev–Trinajstić information content (AvgIpc) is 3.04. The third-order valence-corrected chi connectivity index (χ3v) is 6.17. The Hall–Kier alpha value is -0.470. The maximum Gasteiger partial charge on any atom is 0.0437 e. The molecule has 1 aromatic rings. The van der Waals surface area contributed by atoms with Crippen LogP contribution >= 0.6 is 11.8 Å². The molecule has 0 spiro atoms. The van der Waals surface area contributed by atoms with Crippen LogP contribution in [0.3, 0.4) is 0 Å². The summed E-state index contributed by atoms with van der Waals surface area (Å²) in [5.41, 5.74) is 2.88.